The minimum atomic E-state index is 0.243. The Morgan fingerprint density at radius 3 is 1.95 bits per heavy atom. The van der Waals surface area contributed by atoms with Gasteiger partial charge in [-0.3, -0.25) is 4.90 Å². The number of hydrogen-bond donors (Lipinski definition) is 0. The zero-order valence-corrected chi connectivity index (χ0v) is 15.2. The van der Waals surface area contributed by atoms with Crippen molar-refractivity contribution in [3.63, 3.8) is 0 Å². The van der Waals surface area contributed by atoms with Gasteiger partial charge in [0.25, 0.3) is 0 Å². The largest absolute Gasteiger partial charge is 0.295 e. The van der Waals surface area contributed by atoms with Crippen LogP contribution in [0.1, 0.15) is 66.5 Å². The molecule has 0 aromatic heterocycles. The van der Waals surface area contributed by atoms with E-state index in [1.165, 1.54) is 24.1 Å². The summed E-state index contributed by atoms with van der Waals surface area (Å²) in [5, 5.41) is 0. The molecule has 21 heavy (non-hydrogen) atoms. The van der Waals surface area contributed by atoms with Crippen LogP contribution in [-0.2, 0) is 11.8 Å². The average molecular weight is 287 g/mol. The quantitative estimate of drug-likeness (QED) is 0.753. The Kier molecular flexibility index (Phi) is 4.04. The molecule has 2 rings (SSSR count). The number of likely N-dealkylation sites (tertiary alicyclic amines) is 1. The van der Waals surface area contributed by atoms with Crippen molar-refractivity contribution >= 4 is 0 Å². The van der Waals surface area contributed by atoms with Crippen LogP contribution in [0, 0.1) is 5.41 Å². The van der Waals surface area contributed by atoms with Crippen LogP contribution in [0.3, 0.4) is 0 Å². The van der Waals surface area contributed by atoms with E-state index in [9.17, 15) is 0 Å². The summed E-state index contributed by atoms with van der Waals surface area (Å²) < 4.78 is 0. The molecule has 1 aromatic carbocycles. The summed E-state index contributed by atoms with van der Waals surface area (Å²) in [5.41, 5.74) is 3.80. The van der Waals surface area contributed by atoms with Gasteiger partial charge in [0.15, 0.2) is 0 Å². The Morgan fingerprint density at radius 1 is 1.05 bits per heavy atom. The SMILES string of the molecule is CC(C)N1CC(C)(Cc2ccc(C(C)(C)C)cc2)C1(C)C. The van der Waals surface area contributed by atoms with Crippen LogP contribution in [0.15, 0.2) is 24.3 Å². The highest BCUT2D eigenvalue weighted by molar-refractivity contribution is 5.29. The highest BCUT2D eigenvalue weighted by Gasteiger charge is 2.55. The zero-order chi connectivity index (χ0) is 16.1. The van der Waals surface area contributed by atoms with Crippen molar-refractivity contribution in [3.05, 3.63) is 35.4 Å². The van der Waals surface area contributed by atoms with Crippen LogP contribution in [0.25, 0.3) is 0 Å². The van der Waals surface area contributed by atoms with Crippen LogP contribution < -0.4 is 0 Å². The molecule has 1 atom stereocenters. The van der Waals surface area contributed by atoms with Gasteiger partial charge in [0.05, 0.1) is 0 Å². The number of hydrogen-bond acceptors (Lipinski definition) is 1. The predicted molar refractivity (Wildman–Crippen MR) is 92.9 cm³/mol. The Bertz CT molecular complexity index is 490. The normalized spacial score (nSPS) is 26.0. The van der Waals surface area contributed by atoms with Crippen LogP contribution >= 0.6 is 0 Å². The molecule has 1 saturated heterocycles. The van der Waals surface area contributed by atoms with Gasteiger partial charge in [-0.1, -0.05) is 52.0 Å². The van der Waals surface area contributed by atoms with E-state index in [0.29, 0.717) is 11.5 Å². The third-order valence-corrected chi connectivity index (χ3v) is 5.75. The predicted octanol–water partition coefficient (Wildman–Crippen LogP) is 5.04. The van der Waals surface area contributed by atoms with Crippen molar-refractivity contribution in [1.29, 1.82) is 0 Å². The molecule has 0 bridgehead atoms. The first kappa shape index (κ1) is 16.5. The lowest BCUT2D eigenvalue weighted by atomic mass is 9.60. The molecule has 1 nitrogen and oxygen atoms in total. The first-order valence-electron chi connectivity index (χ1n) is 8.33. The van der Waals surface area contributed by atoms with E-state index in [1.807, 2.05) is 0 Å². The summed E-state index contributed by atoms with van der Waals surface area (Å²) in [6.45, 7) is 19.9. The van der Waals surface area contributed by atoms with Crippen LogP contribution in [0.2, 0.25) is 0 Å². The molecule has 0 amide bonds. The summed E-state index contributed by atoms with van der Waals surface area (Å²) in [7, 11) is 0. The molecule has 0 spiro atoms. The highest BCUT2D eigenvalue weighted by atomic mass is 15.3. The molecular formula is C20H33N. The molecule has 1 unspecified atom stereocenters. The van der Waals surface area contributed by atoms with E-state index in [0.717, 1.165) is 0 Å². The van der Waals surface area contributed by atoms with Gasteiger partial charge in [-0.05, 0) is 50.7 Å². The van der Waals surface area contributed by atoms with Gasteiger partial charge < -0.3 is 0 Å². The first-order chi connectivity index (χ1) is 9.47. The monoisotopic (exact) mass is 287 g/mol. The summed E-state index contributed by atoms with van der Waals surface area (Å²) in [6, 6.07) is 9.92. The Morgan fingerprint density at radius 2 is 1.57 bits per heavy atom. The van der Waals surface area contributed by atoms with E-state index in [2.05, 4.69) is 84.6 Å². The Hall–Kier alpha value is -0.820. The lowest BCUT2D eigenvalue weighted by molar-refractivity contribution is -0.144. The van der Waals surface area contributed by atoms with E-state index < -0.39 is 0 Å². The first-order valence-corrected chi connectivity index (χ1v) is 8.33. The maximum Gasteiger partial charge on any atom is 0.0225 e. The second-order valence-corrected chi connectivity index (χ2v) is 8.97. The molecule has 0 aliphatic carbocycles. The fraction of sp³-hybridized carbons (Fsp3) is 0.700. The molecule has 118 valence electrons. The molecule has 1 fully saturated rings. The summed E-state index contributed by atoms with van der Waals surface area (Å²) >= 11 is 0. The molecule has 0 radical (unpaired) electrons. The van der Waals surface area contributed by atoms with Crippen molar-refractivity contribution in [2.45, 2.75) is 78.8 Å². The molecule has 1 heteroatoms. The van der Waals surface area contributed by atoms with E-state index >= 15 is 0 Å². The van der Waals surface area contributed by atoms with E-state index in [1.54, 1.807) is 0 Å². The molecule has 1 aromatic rings. The fourth-order valence-corrected chi connectivity index (χ4v) is 3.70. The third-order valence-electron chi connectivity index (χ3n) is 5.75. The van der Waals surface area contributed by atoms with Crippen LogP contribution in [0.5, 0.6) is 0 Å². The average Bonchev–Trinajstić information content (AvgIpc) is 2.35. The molecule has 0 N–H and O–H groups in total. The van der Waals surface area contributed by atoms with Gasteiger partial charge in [-0.15, -0.1) is 0 Å². The maximum absolute atomic E-state index is 2.62. The molecule has 0 saturated carbocycles. The van der Waals surface area contributed by atoms with Crippen molar-refractivity contribution in [2.24, 2.45) is 5.41 Å². The number of rotatable bonds is 3. The Labute approximate surface area is 131 Å². The molecule has 1 heterocycles. The fourth-order valence-electron chi connectivity index (χ4n) is 3.70. The topological polar surface area (TPSA) is 3.24 Å². The van der Waals surface area contributed by atoms with E-state index in [-0.39, 0.29) is 11.0 Å². The number of nitrogens with zero attached hydrogens (tertiary/aromatic N) is 1. The lowest BCUT2D eigenvalue weighted by Gasteiger charge is -2.65. The summed E-state index contributed by atoms with van der Waals surface area (Å²) in [4.78, 5) is 2.62. The third kappa shape index (κ3) is 2.90. The minimum absolute atomic E-state index is 0.243. The van der Waals surface area contributed by atoms with Gasteiger partial charge in [0.2, 0.25) is 0 Å². The van der Waals surface area contributed by atoms with Crippen molar-refractivity contribution in [1.82, 2.24) is 4.90 Å². The Balaban J connectivity index is 2.12. The standard InChI is InChI=1S/C20H33N/c1-15(2)21-14-20(8,19(21,6)7)13-16-9-11-17(12-10-16)18(3,4)5/h9-12,15H,13-14H2,1-8H3. The number of benzene rings is 1. The van der Waals surface area contributed by atoms with Crippen LogP contribution in [0.4, 0.5) is 0 Å². The summed E-state index contributed by atoms with van der Waals surface area (Å²) in [6.07, 6.45) is 1.17. The van der Waals surface area contributed by atoms with Gasteiger partial charge in [-0.2, -0.15) is 0 Å². The smallest absolute Gasteiger partial charge is 0.0225 e. The van der Waals surface area contributed by atoms with Gasteiger partial charge in [-0.25, -0.2) is 0 Å². The van der Waals surface area contributed by atoms with Crippen molar-refractivity contribution in [3.8, 4) is 0 Å². The van der Waals surface area contributed by atoms with E-state index in [4.69, 9.17) is 0 Å². The highest BCUT2D eigenvalue weighted by Crippen LogP contribution is 2.49. The van der Waals surface area contributed by atoms with Crippen molar-refractivity contribution < 1.29 is 0 Å². The van der Waals surface area contributed by atoms with Gasteiger partial charge in [0, 0.05) is 23.5 Å². The second-order valence-electron chi connectivity index (χ2n) is 8.97. The van der Waals surface area contributed by atoms with Gasteiger partial charge in [0.1, 0.15) is 0 Å². The van der Waals surface area contributed by atoms with Gasteiger partial charge >= 0.3 is 0 Å². The lowest BCUT2D eigenvalue weighted by Crippen LogP contribution is -2.72. The molecule has 1 aliphatic heterocycles. The maximum atomic E-state index is 2.62. The zero-order valence-electron chi connectivity index (χ0n) is 15.2. The van der Waals surface area contributed by atoms with Crippen molar-refractivity contribution in [2.75, 3.05) is 6.54 Å². The van der Waals surface area contributed by atoms with Crippen LogP contribution in [-0.4, -0.2) is 23.0 Å². The second kappa shape index (κ2) is 5.12. The molecule has 1 aliphatic rings. The minimum Gasteiger partial charge on any atom is -0.295 e. The molecular weight excluding hydrogens is 254 g/mol. The summed E-state index contributed by atoms with van der Waals surface area (Å²) in [5.74, 6) is 0.